The summed E-state index contributed by atoms with van der Waals surface area (Å²) in [7, 11) is 0. The molecule has 0 radical (unpaired) electrons. The monoisotopic (exact) mass is 1350 g/mol. The lowest BCUT2D eigenvalue weighted by molar-refractivity contribution is -0.127. The minimum Gasteiger partial charge on any atom is -0.456 e. The Morgan fingerprint density at radius 1 is 0.485 bits per heavy atom. The number of nitrogens with zero attached hydrogens (tertiary/aromatic N) is 17. The van der Waals surface area contributed by atoms with E-state index in [2.05, 4.69) is 56.8 Å². The molecule has 0 aliphatic carbocycles. The summed E-state index contributed by atoms with van der Waals surface area (Å²) >= 11 is 0. The number of amides is 2. The number of para-hydroxylation sites is 3. The van der Waals surface area contributed by atoms with Gasteiger partial charge in [-0.1, -0.05) is 61.2 Å². The highest BCUT2D eigenvalue weighted by molar-refractivity contribution is 5.99. The highest BCUT2D eigenvalue weighted by atomic mass is 35.5. The predicted molar refractivity (Wildman–Crippen MR) is 378 cm³/mol. The Hall–Kier alpha value is -11.7. The van der Waals surface area contributed by atoms with E-state index in [1.54, 1.807) is 28.4 Å². The van der Waals surface area contributed by atoms with Gasteiger partial charge in [0.2, 0.25) is 5.91 Å². The number of piperidine rings is 3. The maximum atomic E-state index is 12.7. The van der Waals surface area contributed by atoms with Crippen molar-refractivity contribution in [2.75, 3.05) is 56.5 Å². The fraction of sp³-hybridized carbons (Fsp3) is 0.268. The van der Waals surface area contributed by atoms with Gasteiger partial charge in [0.15, 0.2) is 16.9 Å². The van der Waals surface area contributed by atoms with Crippen LogP contribution in [0.15, 0.2) is 178 Å². The van der Waals surface area contributed by atoms with E-state index in [0.717, 1.165) is 79.9 Å². The van der Waals surface area contributed by atoms with E-state index < -0.39 is 5.60 Å². The second kappa shape index (κ2) is 30.1. The first kappa shape index (κ1) is 67.3. The van der Waals surface area contributed by atoms with Crippen LogP contribution in [0, 0.1) is 0 Å². The number of pyridine rings is 3. The number of nitrogens with one attached hydrogen (secondary N) is 1. The Kier molecular flexibility index (Phi) is 20.5. The van der Waals surface area contributed by atoms with Crippen LogP contribution in [0.1, 0.15) is 77.4 Å². The summed E-state index contributed by atoms with van der Waals surface area (Å²) in [5.41, 5.74) is 24.0. The molecule has 3 aliphatic heterocycles. The van der Waals surface area contributed by atoms with Crippen molar-refractivity contribution in [1.29, 1.82) is 0 Å². The lowest BCUT2D eigenvalue weighted by Crippen LogP contribution is -2.43. The van der Waals surface area contributed by atoms with Crippen molar-refractivity contribution >= 4 is 75.0 Å². The van der Waals surface area contributed by atoms with Gasteiger partial charge in [-0.15, -0.1) is 12.4 Å². The van der Waals surface area contributed by atoms with Gasteiger partial charge in [-0.2, -0.15) is 15.3 Å². The van der Waals surface area contributed by atoms with Crippen molar-refractivity contribution in [2.24, 2.45) is 0 Å². The second-order valence-electron chi connectivity index (χ2n) is 24.6. The van der Waals surface area contributed by atoms with Crippen LogP contribution in [0.2, 0.25) is 0 Å². The summed E-state index contributed by atoms with van der Waals surface area (Å²) < 4.78 is 28.8. The van der Waals surface area contributed by atoms with E-state index in [4.69, 9.17) is 51.4 Å². The highest BCUT2D eigenvalue weighted by Crippen LogP contribution is 2.38. The smallest absolute Gasteiger partial charge is 0.410 e. The average Bonchev–Trinajstić information content (AvgIpc) is 1.63. The van der Waals surface area contributed by atoms with Crippen LogP contribution in [0.3, 0.4) is 0 Å². The molecule has 12 heterocycles. The molecule has 2 amide bonds. The zero-order chi connectivity index (χ0) is 67.7. The van der Waals surface area contributed by atoms with Crippen LogP contribution < -0.4 is 36.7 Å². The van der Waals surface area contributed by atoms with Gasteiger partial charge in [0.1, 0.15) is 93.6 Å². The average molecular weight is 1350 g/mol. The minimum absolute atomic E-state index is 0. The number of nitrogen functional groups attached to an aromatic ring is 3. The fourth-order valence-electron chi connectivity index (χ4n) is 12.1. The topological polar surface area (TPSA) is 337 Å². The van der Waals surface area contributed by atoms with E-state index in [0.29, 0.717) is 117 Å². The number of ether oxygens (including phenoxy) is 4. The number of carbonyl (C=O) groups excluding carboxylic acids is 2. The molecule has 3 fully saturated rings. The Morgan fingerprint density at radius 2 is 0.859 bits per heavy atom. The van der Waals surface area contributed by atoms with Gasteiger partial charge in [-0.25, -0.2) is 48.7 Å². The molecule has 506 valence electrons. The highest BCUT2D eigenvalue weighted by Gasteiger charge is 2.33. The number of carbonyl (C=O) groups is 2. The zero-order valence-electron chi connectivity index (χ0n) is 54.8. The van der Waals surface area contributed by atoms with Gasteiger partial charge in [-0.3, -0.25) is 19.7 Å². The van der Waals surface area contributed by atoms with E-state index in [1.807, 2.05) is 162 Å². The van der Waals surface area contributed by atoms with Crippen molar-refractivity contribution in [3.05, 3.63) is 178 Å². The van der Waals surface area contributed by atoms with Crippen molar-refractivity contribution in [3.63, 3.8) is 0 Å². The third kappa shape index (κ3) is 15.4. The molecule has 3 atom stereocenters. The van der Waals surface area contributed by atoms with Crippen molar-refractivity contribution in [2.45, 2.75) is 83.0 Å². The Labute approximate surface area is 575 Å². The summed E-state index contributed by atoms with van der Waals surface area (Å²) in [5.74, 6) is 5.09. The Morgan fingerprint density at radius 3 is 1.21 bits per heavy atom. The third-order valence-electron chi connectivity index (χ3n) is 16.7. The van der Waals surface area contributed by atoms with Crippen molar-refractivity contribution in [1.82, 2.24) is 89.3 Å². The van der Waals surface area contributed by atoms with Crippen LogP contribution in [0.4, 0.5) is 22.2 Å². The number of benzene rings is 3. The van der Waals surface area contributed by atoms with E-state index in [-0.39, 0.29) is 42.5 Å². The van der Waals surface area contributed by atoms with Crippen LogP contribution in [-0.2, 0) is 9.53 Å². The molecule has 0 spiro atoms. The molecule has 27 nitrogen and oxygen atoms in total. The lowest BCUT2D eigenvalue weighted by atomic mass is 10.1. The normalized spacial score (nSPS) is 16.1. The molecule has 12 aromatic rings. The first-order valence-electron chi connectivity index (χ1n) is 32.4. The Bertz CT molecular complexity index is 4740. The summed E-state index contributed by atoms with van der Waals surface area (Å²) in [4.78, 5) is 68.0. The number of hydrogen-bond donors (Lipinski definition) is 4. The number of halogens is 1. The van der Waals surface area contributed by atoms with Crippen molar-refractivity contribution in [3.8, 4) is 68.7 Å². The molecule has 15 rings (SSSR count). The number of fused-ring (bicyclic) bond motifs is 3. The molecule has 28 heteroatoms. The fourth-order valence-corrected chi connectivity index (χ4v) is 12.1. The Balaban J connectivity index is 0.000000141. The van der Waals surface area contributed by atoms with E-state index in [9.17, 15) is 9.59 Å². The largest absolute Gasteiger partial charge is 0.456 e. The number of nitrogens with two attached hydrogens (primary N) is 3. The molecule has 99 heavy (non-hydrogen) atoms. The van der Waals surface area contributed by atoms with Gasteiger partial charge in [-0.05, 0) is 145 Å². The van der Waals surface area contributed by atoms with Crippen LogP contribution in [0.5, 0.6) is 34.5 Å². The summed E-state index contributed by atoms with van der Waals surface area (Å²) in [6, 6.07) is 39.9. The standard InChI is InChI=1S/C26H29N7O3.C24H23N7O2.C21H21N7O.ClH/c1-26(2,3)36-25(34)32-13-7-8-17(15-32)33-24-21(23(27)29-16-30-24)22(31-33)20-12-11-19(14-28-20)35-18-9-5-4-6-10-18;1-2-20(32)30-12-6-7-16(14-30)31-24-21(23(25)27-15-28-24)22(29-31)19-11-10-18(13-26-19)33-17-8-4-3-5-9-17;22-20-18-19(17-9-8-16(12-24-17)29-15-6-2-1-3-7-15)27-28(21(18)26-13-25-20)14-5-4-10-23-11-14;/h4-6,9-12,14,16-17H,7-8,13,15H2,1-3H3,(H2,27,29,30);2-5,8-11,13,15-16H,1,6-7,12,14H2,(H2,25,27,28);1-3,6-9,12-14,23H,4-5,10-11H2,(H2,22,25,26);1H/t17-;16-;14-;/m111./s1. The lowest BCUT2D eigenvalue weighted by Gasteiger charge is -2.34. The molecular weight excluding hydrogens is 1280 g/mol. The number of aromatic nitrogens is 15. The van der Waals surface area contributed by atoms with Crippen LogP contribution >= 0.6 is 12.4 Å². The summed E-state index contributed by atoms with van der Waals surface area (Å²) in [6.45, 7) is 13.4. The maximum Gasteiger partial charge on any atom is 0.410 e. The second-order valence-corrected chi connectivity index (χ2v) is 24.6. The van der Waals surface area contributed by atoms with Gasteiger partial charge < -0.3 is 51.3 Å². The molecule has 9 aromatic heterocycles. The SMILES string of the molecule is C=CC(=O)N1CCC[C@@H](n2nc(-c3ccc(Oc4ccccc4)cn3)c3c(N)ncnc32)C1.CC(C)(C)OC(=O)N1CCC[C@@H](n2nc(-c3ccc(Oc4ccccc4)cn3)c3c(N)ncnc32)C1.Cl.Nc1ncnc2c1c(-c1ccc(Oc3ccccc3)cn1)nn2[C@@H]1CCCNC1. The first-order valence-corrected chi connectivity index (χ1v) is 32.4. The number of rotatable bonds is 13. The maximum absolute atomic E-state index is 12.7. The number of anilines is 3. The molecule has 7 N–H and O–H groups in total. The molecular formula is C71H74ClN21O6. The zero-order valence-corrected chi connectivity index (χ0v) is 55.6. The minimum atomic E-state index is -0.556. The summed E-state index contributed by atoms with van der Waals surface area (Å²) in [5, 5.41) is 20.0. The third-order valence-corrected chi connectivity index (χ3v) is 16.7. The molecule has 3 aromatic carbocycles. The van der Waals surface area contributed by atoms with Gasteiger partial charge >= 0.3 is 6.09 Å². The number of hydrogen-bond acceptors (Lipinski definition) is 22. The number of likely N-dealkylation sites (tertiary alicyclic amines) is 2. The molecule has 0 saturated carbocycles. The van der Waals surface area contributed by atoms with Crippen LogP contribution in [-0.4, -0.2) is 141 Å². The quantitative estimate of drug-likeness (QED) is 0.0779. The first-order chi connectivity index (χ1) is 47.7. The van der Waals surface area contributed by atoms with Gasteiger partial charge in [0, 0.05) is 32.7 Å². The summed E-state index contributed by atoms with van der Waals surface area (Å²) in [6.07, 6.45) is 15.9. The van der Waals surface area contributed by atoms with Gasteiger partial charge in [0.25, 0.3) is 0 Å². The van der Waals surface area contributed by atoms with E-state index >= 15 is 0 Å². The molecule has 3 saturated heterocycles. The molecule has 0 unspecified atom stereocenters. The molecule has 3 aliphatic rings. The predicted octanol–water partition coefficient (Wildman–Crippen LogP) is 12.1. The van der Waals surface area contributed by atoms with Crippen LogP contribution in [0.25, 0.3) is 67.3 Å². The van der Waals surface area contributed by atoms with Crippen molar-refractivity contribution < 1.29 is 28.5 Å². The molecule has 0 bridgehead atoms. The van der Waals surface area contributed by atoms with Gasteiger partial charge in [0.05, 0.1) is 70.0 Å². The van der Waals surface area contributed by atoms with E-state index in [1.165, 1.54) is 25.1 Å².